The second-order valence-corrected chi connectivity index (χ2v) is 5.58. The van der Waals surface area contributed by atoms with Gasteiger partial charge in [-0.25, -0.2) is 4.79 Å². The van der Waals surface area contributed by atoms with Crippen molar-refractivity contribution < 1.29 is 19.5 Å². The fraction of sp³-hybridized carbons (Fsp3) is 0.769. The van der Waals surface area contributed by atoms with E-state index in [9.17, 15) is 14.4 Å². The number of rotatable bonds is 5. The summed E-state index contributed by atoms with van der Waals surface area (Å²) < 4.78 is 0. The van der Waals surface area contributed by atoms with Gasteiger partial charge in [-0.1, -0.05) is 13.8 Å². The molecule has 0 aromatic heterocycles. The zero-order valence-corrected chi connectivity index (χ0v) is 12.2. The third-order valence-corrected chi connectivity index (χ3v) is 3.15. The Morgan fingerprint density at radius 2 is 2.10 bits per heavy atom. The number of aliphatic carboxylic acids is 1. The summed E-state index contributed by atoms with van der Waals surface area (Å²) in [5.41, 5.74) is 0. The van der Waals surface area contributed by atoms with Crippen molar-refractivity contribution in [2.45, 2.75) is 45.7 Å². The number of hydrogen-bond acceptors (Lipinski definition) is 3. The van der Waals surface area contributed by atoms with E-state index in [2.05, 4.69) is 24.5 Å². The van der Waals surface area contributed by atoms with E-state index < -0.39 is 17.9 Å². The van der Waals surface area contributed by atoms with Gasteiger partial charge in [0.2, 0.25) is 5.91 Å². The molecule has 0 radical (unpaired) electrons. The van der Waals surface area contributed by atoms with Crippen molar-refractivity contribution in [3.63, 3.8) is 0 Å². The first-order valence-electron chi connectivity index (χ1n) is 6.88. The maximum Gasteiger partial charge on any atom is 0.318 e. The molecule has 1 heterocycles. The maximum atomic E-state index is 12.2. The molecule has 2 unspecified atom stereocenters. The third kappa shape index (κ3) is 4.71. The van der Waals surface area contributed by atoms with Gasteiger partial charge in [-0.2, -0.15) is 0 Å². The lowest BCUT2D eigenvalue weighted by atomic mass is 10.1. The molecule has 0 saturated carbocycles. The Morgan fingerprint density at radius 1 is 1.45 bits per heavy atom. The molecule has 1 saturated heterocycles. The average molecular weight is 285 g/mol. The van der Waals surface area contributed by atoms with Crippen molar-refractivity contribution in [1.29, 1.82) is 0 Å². The molecule has 7 nitrogen and oxygen atoms in total. The molecule has 0 aromatic rings. The second kappa shape index (κ2) is 7.12. The third-order valence-electron chi connectivity index (χ3n) is 3.15. The number of piperazine rings is 1. The van der Waals surface area contributed by atoms with Crippen molar-refractivity contribution in [2.24, 2.45) is 5.92 Å². The fourth-order valence-electron chi connectivity index (χ4n) is 2.39. The monoisotopic (exact) mass is 285 g/mol. The van der Waals surface area contributed by atoms with Crippen LogP contribution in [0.5, 0.6) is 0 Å². The molecule has 0 aromatic carbocycles. The van der Waals surface area contributed by atoms with E-state index in [1.807, 2.05) is 6.92 Å². The Hall–Kier alpha value is -1.79. The van der Waals surface area contributed by atoms with Crippen LogP contribution >= 0.6 is 0 Å². The summed E-state index contributed by atoms with van der Waals surface area (Å²) in [5, 5.41) is 14.2. The van der Waals surface area contributed by atoms with Crippen LogP contribution in [0.2, 0.25) is 0 Å². The van der Waals surface area contributed by atoms with E-state index in [0.29, 0.717) is 19.0 Å². The molecule has 1 aliphatic rings. The quantitative estimate of drug-likeness (QED) is 0.681. The Kier molecular flexibility index (Phi) is 5.79. The highest BCUT2D eigenvalue weighted by Crippen LogP contribution is 2.11. The smallest absolute Gasteiger partial charge is 0.318 e. The van der Waals surface area contributed by atoms with Crippen molar-refractivity contribution in [2.75, 3.05) is 13.1 Å². The van der Waals surface area contributed by atoms with Crippen molar-refractivity contribution in [3.8, 4) is 0 Å². The van der Waals surface area contributed by atoms with Crippen LogP contribution in [0.3, 0.4) is 0 Å². The van der Waals surface area contributed by atoms with Crippen LogP contribution in [0.15, 0.2) is 0 Å². The maximum absolute atomic E-state index is 12.2. The number of urea groups is 1. The predicted molar refractivity (Wildman–Crippen MR) is 73.2 cm³/mol. The molecule has 20 heavy (non-hydrogen) atoms. The van der Waals surface area contributed by atoms with Crippen LogP contribution in [-0.4, -0.2) is 53.1 Å². The second-order valence-electron chi connectivity index (χ2n) is 5.58. The van der Waals surface area contributed by atoms with Gasteiger partial charge in [0.25, 0.3) is 0 Å². The van der Waals surface area contributed by atoms with E-state index in [-0.39, 0.29) is 18.5 Å². The van der Waals surface area contributed by atoms with Gasteiger partial charge in [-0.15, -0.1) is 0 Å². The molecule has 3 N–H and O–H groups in total. The number of hydrogen-bond donors (Lipinski definition) is 3. The van der Waals surface area contributed by atoms with E-state index >= 15 is 0 Å². The van der Waals surface area contributed by atoms with Crippen LogP contribution < -0.4 is 10.6 Å². The van der Waals surface area contributed by atoms with E-state index in [4.69, 9.17) is 5.11 Å². The number of carboxylic acids is 1. The number of amides is 3. The molecule has 1 fully saturated rings. The summed E-state index contributed by atoms with van der Waals surface area (Å²) in [6.45, 7) is 6.69. The standard InChI is InChI=1S/C13H23N3O4/c1-8(2)6-9(3)15-13(20)16-5-4-14-12(19)10(16)7-11(17)18/h8-10H,4-7H2,1-3H3,(H,14,19)(H,15,20)(H,17,18). The zero-order chi connectivity index (χ0) is 15.3. The lowest BCUT2D eigenvalue weighted by Crippen LogP contribution is -2.60. The fourth-order valence-corrected chi connectivity index (χ4v) is 2.39. The molecular weight excluding hydrogens is 262 g/mol. The number of carbonyl (C=O) groups excluding carboxylic acids is 2. The highest BCUT2D eigenvalue weighted by molar-refractivity contribution is 5.91. The molecule has 0 aliphatic carbocycles. The van der Waals surface area contributed by atoms with Crippen molar-refractivity contribution >= 4 is 17.9 Å². The molecule has 3 amide bonds. The number of carboxylic acid groups (broad SMARTS) is 1. The molecule has 114 valence electrons. The summed E-state index contributed by atoms with van der Waals surface area (Å²) in [7, 11) is 0. The largest absolute Gasteiger partial charge is 0.481 e. The first-order chi connectivity index (χ1) is 9.31. The summed E-state index contributed by atoms with van der Waals surface area (Å²) in [5.74, 6) is -1.06. The van der Waals surface area contributed by atoms with Crippen LogP contribution in [0.25, 0.3) is 0 Å². The lowest BCUT2D eigenvalue weighted by molar-refractivity contribution is -0.142. The highest BCUT2D eigenvalue weighted by atomic mass is 16.4. The topological polar surface area (TPSA) is 98.7 Å². The average Bonchev–Trinajstić information content (AvgIpc) is 2.29. The van der Waals surface area contributed by atoms with Gasteiger partial charge in [-0.3, -0.25) is 9.59 Å². The van der Waals surface area contributed by atoms with Gasteiger partial charge in [0, 0.05) is 19.1 Å². The Balaban J connectivity index is 2.67. The molecule has 2 atom stereocenters. The van der Waals surface area contributed by atoms with E-state index in [1.165, 1.54) is 4.90 Å². The summed E-state index contributed by atoms with van der Waals surface area (Å²) >= 11 is 0. The summed E-state index contributed by atoms with van der Waals surface area (Å²) in [4.78, 5) is 36.0. The first kappa shape index (κ1) is 16.3. The van der Waals surface area contributed by atoms with Gasteiger partial charge in [0.05, 0.1) is 6.42 Å². The van der Waals surface area contributed by atoms with Crippen molar-refractivity contribution in [1.82, 2.24) is 15.5 Å². The van der Waals surface area contributed by atoms with Gasteiger partial charge >= 0.3 is 12.0 Å². The van der Waals surface area contributed by atoms with Crippen LogP contribution in [0.1, 0.15) is 33.6 Å². The van der Waals surface area contributed by atoms with Gasteiger partial charge < -0.3 is 20.6 Å². The van der Waals surface area contributed by atoms with Crippen LogP contribution in [0, 0.1) is 5.92 Å². The van der Waals surface area contributed by atoms with E-state index in [1.54, 1.807) is 0 Å². The SMILES string of the molecule is CC(C)CC(C)NC(=O)N1CCNC(=O)C1CC(=O)O. The minimum absolute atomic E-state index is 0.0158. The molecule has 0 spiro atoms. The highest BCUT2D eigenvalue weighted by Gasteiger charge is 2.35. The first-order valence-corrected chi connectivity index (χ1v) is 6.88. The van der Waals surface area contributed by atoms with Gasteiger partial charge in [-0.05, 0) is 19.3 Å². The molecule has 7 heteroatoms. The normalized spacial score (nSPS) is 20.5. The molecular formula is C13H23N3O4. The Labute approximate surface area is 118 Å². The molecule has 1 aliphatic heterocycles. The van der Waals surface area contributed by atoms with Gasteiger partial charge in [0.1, 0.15) is 6.04 Å². The zero-order valence-electron chi connectivity index (χ0n) is 12.2. The number of carbonyl (C=O) groups is 3. The summed E-state index contributed by atoms with van der Waals surface area (Å²) in [6.07, 6.45) is 0.452. The lowest BCUT2D eigenvalue weighted by Gasteiger charge is -2.35. The Morgan fingerprint density at radius 3 is 2.65 bits per heavy atom. The minimum atomic E-state index is -1.10. The van der Waals surface area contributed by atoms with Crippen molar-refractivity contribution in [3.05, 3.63) is 0 Å². The van der Waals surface area contributed by atoms with Gasteiger partial charge in [0.15, 0.2) is 0 Å². The number of nitrogens with one attached hydrogen (secondary N) is 2. The molecule has 0 bridgehead atoms. The minimum Gasteiger partial charge on any atom is -0.481 e. The van der Waals surface area contributed by atoms with Crippen LogP contribution in [0.4, 0.5) is 4.79 Å². The van der Waals surface area contributed by atoms with E-state index in [0.717, 1.165) is 6.42 Å². The Bertz CT molecular complexity index is 384. The number of nitrogens with zero attached hydrogens (tertiary/aromatic N) is 1. The van der Waals surface area contributed by atoms with Crippen LogP contribution in [-0.2, 0) is 9.59 Å². The predicted octanol–water partition coefficient (Wildman–Crippen LogP) is 0.406. The molecule has 1 rings (SSSR count). The summed E-state index contributed by atoms with van der Waals surface area (Å²) in [6, 6.07) is -1.33.